The van der Waals surface area contributed by atoms with E-state index in [1.165, 1.54) is 16.6 Å². The third kappa shape index (κ3) is 6.64. The van der Waals surface area contributed by atoms with Gasteiger partial charge in [-0.1, -0.05) is 75.7 Å². The Balaban J connectivity index is 0.000000356. The summed E-state index contributed by atoms with van der Waals surface area (Å²) in [6.07, 6.45) is 5.01. The average Bonchev–Trinajstić information content (AvgIpc) is 3.23. The van der Waals surface area contributed by atoms with E-state index in [-0.39, 0.29) is 17.2 Å². The molecule has 1 heterocycles. The Labute approximate surface area is 218 Å². The number of hydrogen-bond donors (Lipinski definition) is 3. The Morgan fingerprint density at radius 2 is 1.57 bits per heavy atom. The van der Waals surface area contributed by atoms with Crippen LogP contribution in [-0.2, 0) is 17.6 Å². The number of aryl methyl sites for hydroxylation is 2. The summed E-state index contributed by atoms with van der Waals surface area (Å²) in [6, 6.07) is 22.2. The van der Waals surface area contributed by atoms with E-state index in [1.807, 2.05) is 49.4 Å². The van der Waals surface area contributed by atoms with E-state index in [9.17, 15) is 14.7 Å². The summed E-state index contributed by atoms with van der Waals surface area (Å²) in [5, 5.41) is 18.3. The highest BCUT2D eigenvalue weighted by molar-refractivity contribution is 6.31. The maximum atomic E-state index is 13.1. The predicted molar refractivity (Wildman–Crippen MR) is 151 cm³/mol. The number of para-hydroxylation sites is 3. The van der Waals surface area contributed by atoms with E-state index < -0.39 is 5.97 Å². The van der Waals surface area contributed by atoms with Crippen molar-refractivity contribution in [3.8, 4) is 0 Å². The molecule has 192 valence electrons. The highest BCUT2D eigenvalue weighted by atomic mass is 16.4. The Kier molecular flexibility index (Phi) is 9.61. The average molecular weight is 499 g/mol. The monoisotopic (exact) mass is 498 g/mol. The molecule has 4 rings (SSSR count). The van der Waals surface area contributed by atoms with Gasteiger partial charge in [-0.15, -0.1) is 0 Å². The zero-order valence-electron chi connectivity index (χ0n) is 21.6. The van der Waals surface area contributed by atoms with Gasteiger partial charge in [0.2, 0.25) is 0 Å². The molecule has 3 aromatic rings. The minimum Gasteiger partial charge on any atom is -0.478 e. The minimum atomic E-state index is -1.09. The number of carbonyl (C=O) groups excluding carboxylic acids is 1. The van der Waals surface area contributed by atoms with Gasteiger partial charge >= 0.3 is 5.97 Å². The first kappa shape index (κ1) is 27.2. The second kappa shape index (κ2) is 13.1. The Hall–Kier alpha value is -4.39. The number of benzene rings is 3. The zero-order valence-corrected chi connectivity index (χ0v) is 21.6. The second-order valence-electron chi connectivity index (χ2n) is 8.50. The number of aromatic carboxylic acids is 1. The number of rotatable bonds is 8. The van der Waals surface area contributed by atoms with Crippen molar-refractivity contribution in [3.05, 3.63) is 101 Å². The van der Waals surface area contributed by atoms with Gasteiger partial charge in [0, 0.05) is 17.6 Å². The van der Waals surface area contributed by atoms with Crippen LogP contribution in [0.2, 0.25) is 0 Å². The van der Waals surface area contributed by atoms with Crippen molar-refractivity contribution < 1.29 is 14.7 Å². The van der Waals surface area contributed by atoms with E-state index in [1.54, 1.807) is 24.4 Å². The Bertz CT molecular complexity index is 1310. The maximum absolute atomic E-state index is 13.1. The molecule has 1 aliphatic rings. The number of nitrogen functional groups attached to an aromatic ring is 1. The maximum Gasteiger partial charge on any atom is 0.337 e. The molecule has 1 amide bonds. The Morgan fingerprint density at radius 3 is 2.19 bits per heavy atom. The van der Waals surface area contributed by atoms with Crippen molar-refractivity contribution in [2.24, 2.45) is 5.10 Å². The number of carboxylic acid groups (broad SMARTS) is 1. The van der Waals surface area contributed by atoms with E-state index in [4.69, 9.17) is 5.73 Å². The molecule has 0 radical (unpaired) electrons. The van der Waals surface area contributed by atoms with E-state index in [0.29, 0.717) is 17.7 Å². The van der Waals surface area contributed by atoms with Gasteiger partial charge in [0.1, 0.15) is 0 Å². The summed E-state index contributed by atoms with van der Waals surface area (Å²) in [5.41, 5.74) is 11.3. The number of carboxylic acids is 1. The molecule has 1 aliphatic heterocycles. The molecule has 0 aliphatic carbocycles. The van der Waals surface area contributed by atoms with Gasteiger partial charge in [-0.2, -0.15) is 10.1 Å². The van der Waals surface area contributed by atoms with E-state index >= 15 is 0 Å². The fourth-order valence-electron chi connectivity index (χ4n) is 4.00. The number of nitrogens with one attached hydrogen (secondary N) is 1. The summed E-state index contributed by atoms with van der Waals surface area (Å²) in [5.74, 6) is -1.43. The SMILES string of the molecule is CCCC1=NN(c2ccccc2C(=O)O)C(=O)C1=CNc1ccccc1CC.CCc1ccccc1N. The summed E-state index contributed by atoms with van der Waals surface area (Å²) >= 11 is 0. The molecule has 0 aromatic heterocycles. The predicted octanol–water partition coefficient (Wildman–Crippen LogP) is 6.28. The summed E-state index contributed by atoms with van der Waals surface area (Å²) < 4.78 is 0. The third-order valence-corrected chi connectivity index (χ3v) is 6.01. The lowest BCUT2D eigenvalue weighted by Gasteiger charge is -2.14. The van der Waals surface area contributed by atoms with Crippen LogP contribution in [0.3, 0.4) is 0 Å². The number of hydrazone groups is 1. The van der Waals surface area contributed by atoms with Crippen LogP contribution >= 0.6 is 0 Å². The van der Waals surface area contributed by atoms with E-state index in [2.05, 4.69) is 30.3 Å². The number of anilines is 3. The van der Waals surface area contributed by atoms with Crippen LogP contribution in [0.25, 0.3) is 0 Å². The molecule has 3 aromatic carbocycles. The molecule has 4 N–H and O–H groups in total. The number of hydrogen-bond acceptors (Lipinski definition) is 5. The van der Waals surface area contributed by atoms with Crippen LogP contribution in [0, 0.1) is 0 Å². The van der Waals surface area contributed by atoms with Crippen LogP contribution in [0.1, 0.15) is 55.1 Å². The number of carbonyl (C=O) groups is 2. The summed E-state index contributed by atoms with van der Waals surface area (Å²) in [6.45, 7) is 6.19. The summed E-state index contributed by atoms with van der Waals surface area (Å²) in [7, 11) is 0. The lowest BCUT2D eigenvalue weighted by Crippen LogP contribution is -2.24. The fourth-order valence-corrected chi connectivity index (χ4v) is 4.00. The normalized spacial score (nSPS) is 13.7. The van der Waals surface area contributed by atoms with Crippen molar-refractivity contribution in [1.29, 1.82) is 0 Å². The molecular weight excluding hydrogens is 464 g/mol. The zero-order chi connectivity index (χ0) is 26.8. The molecule has 0 fully saturated rings. The molecule has 0 saturated heterocycles. The highest BCUT2D eigenvalue weighted by Gasteiger charge is 2.32. The molecule has 37 heavy (non-hydrogen) atoms. The number of nitrogens with two attached hydrogens (primary N) is 1. The highest BCUT2D eigenvalue weighted by Crippen LogP contribution is 2.28. The molecule has 0 bridgehead atoms. The molecule has 7 nitrogen and oxygen atoms in total. The second-order valence-corrected chi connectivity index (χ2v) is 8.50. The first-order valence-corrected chi connectivity index (χ1v) is 12.5. The molecule has 0 atom stereocenters. The fraction of sp³-hybridized carbons (Fsp3) is 0.233. The largest absolute Gasteiger partial charge is 0.478 e. The lowest BCUT2D eigenvalue weighted by molar-refractivity contribution is -0.114. The summed E-state index contributed by atoms with van der Waals surface area (Å²) in [4.78, 5) is 24.6. The lowest BCUT2D eigenvalue weighted by atomic mass is 10.1. The quantitative estimate of drug-likeness (QED) is 0.250. The smallest absolute Gasteiger partial charge is 0.337 e. The van der Waals surface area contributed by atoms with Gasteiger partial charge in [0.25, 0.3) is 5.91 Å². The van der Waals surface area contributed by atoms with Gasteiger partial charge in [-0.3, -0.25) is 4.79 Å². The van der Waals surface area contributed by atoms with Crippen LogP contribution in [0.5, 0.6) is 0 Å². The molecule has 7 heteroatoms. The molecular formula is C30H34N4O3. The van der Waals surface area contributed by atoms with Crippen molar-refractivity contribution >= 4 is 34.7 Å². The van der Waals surface area contributed by atoms with Crippen molar-refractivity contribution in [2.45, 2.75) is 46.5 Å². The van der Waals surface area contributed by atoms with Crippen LogP contribution in [0.15, 0.2) is 89.7 Å². The first-order valence-electron chi connectivity index (χ1n) is 12.5. The van der Waals surface area contributed by atoms with Gasteiger partial charge in [0.05, 0.1) is 22.5 Å². The van der Waals surface area contributed by atoms with Gasteiger partial charge in [0.15, 0.2) is 0 Å². The van der Waals surface area contributed by atoms with Crippen LogP contribution in [0.4, 0.5) is 17.1 Å². The van der Waals surface area contributed by atoms with Crippen molar-refractivity contribution in [2.75, 3.05) is 16.1 Å². The van der Waals surface area contributed by atoms with Crippen LogP contribution < -0.4 is 16.1 Å². The van der Waals surface area contributed by atoms with Crippen molar-refractivity contribution in [3.63, 3.8) is 0 Å². The third-order valence-electron chi connectivity index (χ3n) is 6.01. The topological polar surface area (TPSA) is 108 Å². The minimum absolute atomic E-state index is 0.0426. The van der Waals surface area contributed by atoms with Crippen LogP contribution in [-0.4, -0.2) is 22.7 Å². The van der Waals surface area contributed by atoms with Gasteiger partial charge < -0.3 is 16.2 Å². The molecule has 0 spiro atoms. The van der Waals surface area contributed by atoms with Gasteiger partial charge in [-0.05, 0) is 54.7 Å². The van der Waals surface area contributed by atoms with E-state index in [0.717, 1.165) is 36.2 Å². The molecule has 0 unspecified atom stereocenters. The molecule has 0 saturated carbocycles. The number of nitrogens with zero attached hydrogens (tertiary/aromatic N) is 2. The Morgan fingerprint density at radius 1 is 0.946 bits per heavy atom. The van der Waals surface area contributed by atoms with Crippen molar-refractivity contribution in [1.82, 2.24) is 0 Å². The standard InChI is InChI=1S/C22H23N3O3.C8H11N/c1-3-9-19-17(14-23-18-12-7-5-10-15(18)4-2)21(26)25(24-19)20-13-8-6-11-16(20)22(27)28;1-2-7-5-3-4-6-8(7)9/h5-8,10-14,23H,3-4,9H2,1-2H3,(H,27,28);3-6H,2,9H2,1H3. The van der Waals surface area contributed by atoms with Gasteiger partial charge in [-0.25, -0.2) is 4.79 Å². The first-order chi connectivity index (χ1) is 17.9. The number of amides is 1.